The molecule has 0 heterocycles. The number of hydrogen-bond acceptors (Lipinski definition) is 3. The molecule has 1 aromatic rings. The maximum absolute atomic E-state index is 13.8. The van der Waals surface area contributed by atoms with E-state index in [2.05, 4.69) is 0 Å². The van der Waals surface area contributed by atoms with Crippen molar-refractivity contribution in [2.24, 2.45) is 5.73 Å². The number of methoxy groups -OCH3 is 1. The topological polar surface area (TPSA) is 38.5 Å². The number of halogens is 1. The molecule has 3 nitrogen and oxygen atoms in total. The lowest BCUT2D eigenvalue weighted by atomic mass is 10.1. The van der Waals surface area contributed by atoms with Gasteiger partial charge < -0.3 is 15.4 Å². The van der Waals surface area contributed by atoms with E-state index in [0.29, 0.717) is 25.3 Å². The predicted molar refractivity (Wildman–Crippen MR) is 68.9 cm³/mol. The smallest absolute Gasteiger partial charge is 0.146 e. The Bertz CT molecular complexity index is 344. The van der Waals surface area contributed by atoms with Crippen LogP contribution in [0.3, 0.4) is 0 Å². The van der Waals surface area contributed by atoms with E-state index in [4.69, 9.17) is 10.5 Å². The highest BCUT2D eigenvalue weighted by atomic mass is 19.1. The van der Waals surface area contributed by atoms with Crippen LogP contribution in [0.25, 0.3) is 0 Å². The van der Waals surface area contributed by atoms with Gasteiger partial charge in [0.05, 0.1) is 5.69 Å². The van der Waals surface area contributed by atoms with E-state index < -0.39 is 0 Å². The van der Waals surface area contributed by atoms with Crippen molar-refractivity contribution in [3.8, 4) is 0 Å². The van der Waals surface area contributed by atoms with Crippen molar-refractivity contribution >= 4 is 5.69 Å². The molecule has 0 radical (unpaired) electrons. The first-order chi connectivity index (χ1) is 8.19. The first kappa shape index (κ1) is 13.9. The normalized spacial score (nSPS) is 10.6. The fourth-order valence-corrected chi connectivity index (χ4v) is 1.75. The zero-order valence-corrected chi connectivity index (χ0v) is 10.6. The average molecular weight is 240 g/mol. The highest BCUT2D eigenvalue weighted by Gasteiger charge is 2.07. The van der Waals surface area contributed by atoms with Crippen LogP contribution < -0.4 is 10.6 Å². The van der Waals surface area contributed by atoms with Crippen molar-refractivity contribution < 1.29 is 9.13 Å². The number of nitrogens with zero attached hydrogens (tertiary/aromatic N) is 1. The molecule has 1 rings (SSSR count). The van der Waals surface area contributed by atoms with Crippen LogP contribution in [0.4, 0.5) is 10.1 Å². The molecule has 0 aliphatic rings. The maximum atomic E-state index is 13.8. The Kier molecular flexibility index (Phi) is 5.94. The van der Waals surface area contributed by atoms with Gasteiger partial charge in [0, 0.05) is 27.3 Å². The van der Waals surface area contributed by atoms with Gasteiger partial charge in [-0.15, -0.1) is 0 Å². The van der Waals surface area contributed by atoms with E-state index >= 15 is 0 Å². The lowest BCUT2D eigenvalue weighted by Gasteiger charge is -2.20. The fourth-order valence-electron chi connectivity index (χ4n) is 1.75. The number of benzene rings is 1. The molecule has 0 saturated carbocycles. The van der Waals surface area contributed by atoms with Gasteiger partial charge in [-0.3, -0.25) is 0 Å². The average Bonchev–Trinajstić information content (AvgIpc) is 2.29. The molecule has 0 unspecified atom stereocenters. The lowest BCUT2D eigenvalue weighted by Crippen LogP contribution is -2.21. The molecule has 0 spiro atoms. The van der Waals surface area contributed by atoms with Gasteiger partial charge in [-0.1, -0.05) is 6.07 Å². The van der Waals surface area contributed by atoms with Crippen molar-refractivity contribution in [1.29, 1.82) is 0 Å². The van der Waals surface area contributed by atoms with Gasteiger partial charge in [0.15, 0.2) is 0 Å². The third kappa shape index (κ3) is 4.32. The molecule has 4 heteroatoms. The van der Waals surface area contributed by atoms with E-state index in [-0.39, 0.29) is 5.82 Å². The highest BCUT2D eigenvalue weighted by Crippen LogP contribution is 2.19. The molecular formula is C13H21FN2O. The van der Waals surface area contributed by atoms with Crippen LogP contribution in [0.2, 0.25) is 0 Å². The van der Waals surface area contributed by atoms with Gasteiger partial charge in [0.2, 0.25) is 0 Å². The van der Waals surface area contributed by atoms with Crippen LogP contribution in [0, 0.1) is 5.82 Å². The Morgan fingerprint density at radius 1 is 1.41 bits per heavy atom. The van der Waals surface area contributed by atoms with E-state index in [0.717, 1.165) is 18.5 Å². The summed E-state index contributed by atoms with van der Waals surface area (Å²) in [6.07, 6.45) is 1.60. The molecule has 0 bridgehead atoms. The molecule has 1 aromatic carbocycles. The van der Waals surface area contributed by atoms with Gasteiger partial charge in [-0.25, -0.2) is 4.39 Å². The Labute approximate surface area is 102 Å². The summed E-state index contributed by atoms with van der Waals surface area (Å²) in [5.41, 5.74) is 7.01. The minimum atomic E-state index is -0.184. The molecule has 0 atom stereocenters. The zero-order valence-electron chi connectivity index (χ0n) is 10.6. The van der Waals surface area contributed by atoms with Crippen molar-refractivity contribution in [1.82, 2.24) is 0 Å². The number of hydrogen-bond donors (Lipinski definition) is 1. The highest BCUT2D eigenvalue weighted by molar-refractivity contribution is 5.48. The van der Waals surface area contributed by atoms with Crippen LogP contribution >= 0.6 is 0 Å². The first-order valence-electron chi connectivity index (χ1n) is 5.87. The number of nitrogens with two attached hydrogens (primary N) is 1. The molecule has 0 aliphatic heterocycles. The van der Waals surface area contributed by atoms with Gasteiger partial charge in [-0.05, 0) is 37.1 Å². The predicted octanol–water partition coefficient (Wildman–Crippen LogP) is 1.80. The lowest BCUT2D eigenvalue weighted by molar-refractivity contribution is 0.196. The van der Waals surface area contributed by atoms with Crippen molar-refractivity contribution in [3.05, 3.63) is 29.6 Å². The monoisotopic (exact) mass is 240 g/mol. The summed E-state index contributed by atoms with van der Waals surface area (Å²) < 4.78 is 18.8. The third-order valence-corrected chi connectivity index (χ3v) is 2.70. The van der Waals surface area contributed by atoms with Crippen LogP contribution in [0.15, 0.2) is 18.2 Å². The van der Waals surface area contributed by atoms with Crippen LogP contribution in [0.5, 0.6) is 0 Å². The first-order valence-corrected chi connectivity index (χ1v) is 5.87. The van der Waals surface area contributed by atoms with Crippen LogP contribution in [-0.4, -0.2) is 33.9 Å². The van der Waals surface area contributed by atoms with E-state index in [9.17, 15) is 4.39 Å². The summed E-state index contributed by atoms with van der Waals surface area (Å²) >= 11 is 0. The number of rotatable bonds is 7. The van der Waals surface area contributed by atoms with Crippen LogP contribution in [0.1, 0.15) is 12.0 Å². The van der Waals surface area contributed by atoms with E-state index in [1.807, 2.05) is 24.1 Å². The summed E-state index contributed by atoms with van der Waals surface area (Å²) in [7, 11) is 3.55. The van der Waals surface area contributed by atoms with Gasteiger partial charge >= 0.3 is 0 Å². The Morgan fingerprint density at radius 2 is 2.18 bits per heavy atom. The Morgan fingerprint density at radius 3 is 2.76 bits per heavy atom. The molecule has 0 aromatic heterocycles. The van der Waals surface area contributed by atoms with Crippen LogP contribution in [-0.2, 0) is 11.2 Å². The largest absolute Gasteiger partial charge is 0.385 e. The molecule has 0 fully saturated rings. The van der Waals surface area contributed by atoms with E-state index in [1.165, 1.54) is 0 Å². The summed E-state index contributed by atoms with van der Waals surface area (Å²) in [4.78, 5) is 1.90. The van der Waals surface area contributed by atoms with Gasteiger partial charge in [0.25, 0.3) is 0 Å². The molecule has 96 valence electrons. The Balaban J connectivity index is 2.63. The second-order valence-corrected chi connectivity index (χ2v) is 4.09. The summed E-state index contributed by atoms with van der Waals surface area (Å²) in [5, 5.41) is 0. The second-order valence-electron chi connectivity index (χ2n) is 4.09. The molecule has 2 N–H and O–H groups in total. The molecule has 0 amide bonds. The number of ether oxygens (including phenoxy) is 1. The third-order valence-electron chi connectivity index (χ3n) is 2.70. The maximum Gasteiger partial charge on any atom is 0.146 e. The minimum Gasteiger partial charge on any atom is -0.385 e. The standard InChI is InChI=1S/C13H21FN2O/c1-16(8-3-9-17-2)13-5-4-11(6-7-15)10-12(13)14/h4-5,10H,3,6-9,15H2,1-2H3. The van der Waals surface area contributed by atoms with E-state index in [1.54, 1.807) is 13.2 Å². The number of anilines is 1. The molecule has 0 aliphatic carbocycles. The second kappa shape index (κ2) is 7.25. The van der Waals surface area contributed by atoms with Gasteiger partial charge in [0.1, 0.15) is 5.82 Å². The van der Waals surface area contributed by atoms with Gasteiger partial charge in [-0.2, -0.15) is 0 Å². The van der Waals surface area contributed by atoms with Crippen molar-refractivity contribution in [2.75, 3.05) is 38.8 Å². The summed E-state index contributed by atoms with van der Waals surface area (Å²) in [5.74, 6) is -0.184. The quantitative estimate of drug-likeness (QED) is 0.739. The minimum absolute atomic E-state index is 0.184. The van der Waals surface area contributed by atoms with Crippen molar-refractivity contribution in [3.63, 3.8) is 0 Å². The molecule has 0 saturated heterocycles. The fraction of sp³-hybridized carbons (Fsp3) is 0.538. The molecule has 17 heavy (non-hydrogen) atoms. The zero-order chi connectivity index (χ0) is 12.7. The Hall–Kier alpha value is -1.13. The molecular weight excluding hydrogens is 219 g/mol. The summed E-state index contributed by atoms with van der Waals surface area (Å²) in [6.45, 7) is 2.01. The summed E-state index contributed by atoms with van der Waals surface area (Å²) in [6, 6.07) is 5.31. The van der Waals surface area contributed by atoms with Crippen molar-refractivity contribution in [2.45, 2.75) is 12.8 Å². The SMILES string of the molecule is COCCCN(C)c1ccc(CCN)cc1F.